The second kappa shape index (κ2) is 11.9. The van der Waals surface area contributed by atoms with Crippen molar-refractivity contribution in [3.05, 3.63) is 83.8 Å². The van der Waals surface area contributed by atoms with Crippen molar-refractivity contribution in [3.63, 3.8) is 0 Å². The van der Waals surface area contributed by atoms with Crippen LogP contribution in [0.4, 0.5) is 14.5 Å². The van der Waals surface area contributed by atoms with Crippen LogP contribution < -0.4 is 5.32 Å². The number of rotatable bonds is 8. The summed E-state index contributed by atoms with van der Waals surface area (Å²) < 4.78 is 29.8. The number of pyridine rings is 1. The number of H-pyrrole nitrogens is 1. The minimum absolute atomic E-state index is 0.260. The van der Waals surface area contributed by atoms with Gasteiger partial charge in [-0.15, -0.1) is 0 Å². The minimum atomic E-state index is -0.832. The smallest absolute Gasteiger partial charge is 0.166 e. The lowest BCUT2D eigenvalue weighted by molar-refractivity contribution is 0.218. The summed E-state index contributed by atoms with van der Waals surface area (Å²) in [6.07, 6.45) is 9.11. The summed E-state index contributed by atoms with van der Waals surface area (Å²) in [6.45, 7) is 9.89. The molecule has 0 spiro atoms. The van der Waals surface area contributed by atoms with Gasteiger partial charge in [0, 0.05) is 35.9 Å². The van der Waals surface area contributed by atoms with Crippen LogP contribution in [0, 0.1) is 11.6 Å². The second-order valence-corrected chi connectivity index (χ2v) is 11.1. The summed E-state index contributed by atoms with van der Waals surface area (Å²) >= 11 is 0. The Bertz CT molecular complexity index is 1500. The number of nitrogens with one attached hydrogen (secondary N) is 2. The van der Waals surface area contributed by atoms with Gasteiger partial charge in [0.1, 0.15) is 5.69 Å². The van der Waals surface area contributed by atoms with E-state index in [4.69, 9.17) is 0 Å². The number of piperidine rings is 2. The Hall–Kier alpha value is -3.62. The van der Waals surface area contributed by atoms with Crippen LogP contribution in [-0.4, -0.2) is 51.2 Å². The molecule has 2 N–H and O–H groups in total. The first-order valence-corrected chi connectivity index (χ1v) is 14.4. The van der Waals surface area contributed by atoms with Gasteiger partial charge in [0.15, 0.2) is 11.6 Å². The molecule has 0 bridgehead atoms. The Morgan fingerprint density at radius 1 is 0.875 bits per heavy atom. The Morgan fingerprint density at radius 2 is 1.60 bits per heavy atom. The highest BCUT2D eigenvalue weighted by Crippen LogP contribution is 2.32. The molecule has 208 valence electrons. The quantitative estimate of drug-likeness (QED) is 0.252. The number of hydrogen-bond acceptors (Lipinski definition) is 5. The average Bonchev–Trinajstić information content (AvgIpc) is 3.40. The van der Waals surface area contributed by atoms with Crippen molar-refractivity contribution in [2.45, 2.75) is 51.6 Å². The van der Waals surface area contributed by atoms with Gasteiger partial charge in [-0.25, -0.2) is 8.78 Å². The van der Waals surface area contributed by atoms with Crippen LogP contribution in [0.25, 0.3) is 27.7 Å². The predicted molar refractivity (Wildman–Crippen MR) is 157 cm³/mol. The maximum Gasteiger partial charge on any atom is 0.166 e. The second-order valence-electron chi connectivity index (χ2n) is 11.1. The third-order valence-corrected chi connectivity index (χ3v) is 8.05. The molecular formula is C32H36F2N6. The Morgan fingerprint density at radius 3 is 2.35 bits per heavy atom. The number of likely N-dealkylation sites (tertiary alicyclic amines) is 2. The largest absolute Gasteiger partial charge is 0.354 e. The zero-order valence-corrected chi connectivity index (χ0v) is 22.9. The first kappa shape index (κ1) is 26.6. The zero-order chi connectivity index (χ0) is 27.5. The molecule has 0 atom stereocenters. The standard InChI is InChI=1S/C32H36F2N6/c1-22(36-25-10-11-35-26(19-25)21-40-14-6-3-7-15-40)32-28-18-24(8-9-30(28)37-38-32)27-16-23(17-29(33)31(27)34)20-39-12-4-2-5-13-39/h8-11,16-19H,1-7,12-15,20-21H2,(H,35,36)(H,37,38). The Labute approximate surface area is 234 Å². The highest BCUT2D eigenvalue weighted by atomic mass is 19.2. The molecule has 2 aliphatic rings. The fourth-order valence-electron chi connectivity index (χ4n) is 5.96. The number of aromatic amines is 1. The Kier molecular flexibility index (Phi) is 7.89. The molecule has 40 heavy (non-hydrogen) atoms. The summed E-state index contributed by atoms with van der Waals surface area (Å²) in [5.41, 5.74) is 5.60. The molecule has 0 radical (unpaired) electrons. The zero-order valence-electron chi connectivity index (χ0n) is 22.9. The molecule has 6 rings (SSSR count). The molecule has 0 aliphatic carbocycles. The maximum atomic E-state index is 15.1. The molecule has 0 unspecified atom stereocenters. The molecular weight excluding hydrogens is 506 g/mol. The highest BCUT2D eigenvalue weighted by molar-refractivity contribution is 5.95. The van der Waals surface area contributed by atoms with Crippen molar-refractivity contribution in [2.24, 2.45) is 0 Å². The predicted octanol–water partition coefficient (Wildman–Crippen LogP) is 6.96. The molecule has 8 heteroatoms. The van der Waals surface area contributed by atoms with Gasteiger partial charge in [-0.2, -0.15) is 5.10 Å². The topological polar surface area (TPSA) is 60.1 Å². The number of hydrogen-bond donors (Lipinski definition) is 2. The van der Waals surface area contributed by atoms with Crippen LogP contribution in [0.2, 0.25) is 0 Å². The lowest BCUT2D eigenvalue weighted by atomic mass is 9.99. The minimum Gasteiger partial charge on any atom is -0.354 e. The molecule has 0 amide bonds. The van der Waals surface area contributed by atoms with E-state index in [9.17, 15) is 4.39 Å². The van der Waals surface area contributed by atoms with Crippen molar-refractivity contribution in [3.8, 4) is 11.1 Å². The van der Waals surface area contributed by atoms with E-state index in [-0.39, 0.29) is 5.56 Å². The van der Waals surface area contributed by atoms with E-state index < -0.39 is 11.6 Å². The van der Waals surface area contributed by atoms with Crippen LogP contribution in [0.15, 0.2) is 55.2 Å². The van der Waals surface area contributed by atoms with Gasteiger partial charge in [0.05, 0.1) is 16.9 Å². The van der Waals surface area contributed by atoms with Crippen molar-refractivity contribution < 1.29 is 8.78 Å². The number of aromatic nitrogens is 3. The van der Waals surface area contributed by atoms with Crippen LogP contribution in [0.5, 0.6) is 0 Å². The summed E-state index contributed by atoms with van der Waals surface area (Å²) in [7, 11) is 0. The highest BCUT2D eigenvalue weighted by Gasteiger charge is 2.18. The number of halogens is 2. The molecule has 2 aliphatic heterocycles. The van der Waals surface area contributed by atoms with E-state index in [0.29, 0.717) is 23.5 Å². The Balaban J connectivity index is 1.23. The van der Waals surface area contributed by atoms with Crippen LogP contribution in [-0.2, 0) is 13.1 Å². The molecule has 6 nitrogen and oxygen atoms in total. The third-order valence-electron chi connectivity index (χ3n) is 8.05. The van der Waals surface area contributed by atoms with Gasteiger partial charge < -0.3 is 5.32 Å². The maximum absolute atomic E-state index is 15.1. The van der Waals surface area contributed by atoms with Gasteiger partial charge in [0.25, 0.3) is 0 Å². The van der Waals surface area contributed by atoms with E-state index in [1.807, 2.05) is 30.5 Å². The van der Waals surface area contributed by atoms with E-state index in [1.54, 1.807) is 12.1 Å². The van der Waals surface area contributed by atoms with Crippen molar-refractivity contribution >= 4 is 22.3 Å². The first-order chi connectivity index (χ1) is 19.5. The number of fused-ring (bicyclic) bond motifs is 1. The summed E-state index contributed by atoms with van der Waals surface area (Å²) in [4.78, 5) is 9.31. The van der Waals surface area contributed by atoms with Gasteiger partial charge in [0.2, 0.25) is 0 Å². The molecule has 2 fully saturated rings. The molecule has 4 heterocycles. The molecule has 2 aromatic heterocycles. The van der Waals surface area contributed by atoms with Crippen LogP contribution in [0.1, 0.15) is 55.5 Å². The molecule has 2 aromatic carbocycles. The van der Waals surface area contributed by atoms with Gasteiger partial charge in [-0.1, -0.05) is 25.5 Å². The van der Waals surface area contributed by atoms with Gasteiger partial charge >= 0.3 is 0 Å². The van der Waals surface area contributed by atoms with E-state index in [2.05, 4.69) is 36.9 Å². The first-order valence-electron chi connectivity index (χ1n) is 14.4. The number of nitrogens with zero attached hydrogens (tertiary/aromatic N) is 4. The summed E-state index contributed by atoms with van der Waals surface area (Å²) in [5, 5.41) is 11.7. The van der Waals surface area contributed by atoms with Gasteiger partial charge in [-0.3, -0.25) is 19.9 Å². The average molecular weight is 543 g/mol. The molecule has 0 saturated carbocycles. The normalized spacial score (nSPS) is 16.9. The van der Waals surface area contributed by atoms with Crippen LogP contribution >= 0.6 is 0 Å². The lowest BCUT2D eigenvalue weighted by Crippen LogP contribution is -2.29. The fourth-order valence-corrected chi connectivity index (χ4v) is 5.96. The lowest BCUT2D eigenvalue weighted by Gasteiger charge is -2.26. The summed E-state index contributed by atoms with van der Waals surface area (Å²) in [6, 6.07) is 12.6. The van der Waals surface area contributed by atoms with Crippen molar-refractivity contribution in [1.29, 1.82) is 0 Å². The van der Waals surface area contributed by atoms with Crippen LogP contribution in [0.3, 0.4) is 0 Å². The number of benzene rings is 2. The van der Waals surface area contributed by atoms with Gasteiger partial charge in [-0.05, 0) is 99.4 Å². The molecule has 2 saturated heterocycles. The SMILES string of the molecule is C=C(Nc1ccnc(CN2CCCCC2)c1)c1n[nH]c2ccc(-c3cc(CN4CCCCC4)cc(F)c3F)cc12. The monoisotopic (exact) mass is 542 g/mol. The van der Waals surface area contributed by atoms with E-state index in [1.165, 1.54) is 31.7 Å². The fraction of sp³-hybridized carbons (Fsp3) is 0.375. The molecule has 4 aromatic rings. The van der Waals surface area contributed by atoms with E-state index >= 15 is 4.39 Å². The third kappa shape index (κ3) is 5.93. The number of anilines is 1. The van der Waals surface area contributed by atoms with Crippen molar-refractivity contribution in [1.82, 2.24) is 25.0 Å². The summed E-state index contributed by atoms with van der Waals surface area (Å²) in [5.74, 6) is -1.65. The van der Waals surface area contributed by atoms with E-state index in [0.717, 1.165) is 73.4 Å². The van der Waals surface area contributed by atoms with Crippen molar-refractivity contribution in [2.75, 3.05) is 31.5 Å².